The molecule has 1 heterocycles. The van der Waals surface area contributed by atoms with Crippen LogP contribution in [-0.2, 0) is 9.53 Å². The highest BCUT2D eigenvalue weighted by Crippen LogP contribution is 2.68. The van der Waals surface area contributed by atoms with Gasteiger partial charge in [0.15, 0.2) is 5.06 Å². The topological polar surface area (TPSA) is 48.4 Å². The molecule has 176 valence electrons. The van der Waals surface area contributed by atoms with Gasteiger partial charge in [-0.25, -0.2) is 4.98 Å². The number of rotatable bonds is 5. The number of thiazole rings is 1. The van der Waals surface area contributed by atoms with Gasteiger partial charge in [-0.05, 0) is 80.0 Å². The van der Waals surface area contributed by atoms with E-state index in [0.29, 0.717) is 16.7 Å². The maximum absolute atomic E-state index is 11.5. The van der Waals surface area contributed by atoms with E-state index in [1.165, 1.54) is 37.1 Å². The normalized spacial score (nSPS) is 40.6. The van der Waals surface area contributed by atoms with Crippen LogP contribution in [0.5, 0.6) is 5.06 Å². The molecule has 0 amide bonds. The van der Waals surface area contributed by atoms with Crippen molar-refractivity contribution < 1.29 is 14.3 Å². The van der Waals surface area contributed by atoms with Gasteiger partial charge in [-0.1, -0.05) is 43.8 Å². The monoisotopic (exact) mass is 457 g/mol. The molecule has 0 aromatic carbocycles. The Morgan fingerprint density at radius 3 is 2.81 bits per heavy atom. The second kappa shape index (κ2) is 8.45. The average Bonchev–Trinajstić information content (AvgIpc) is 3.35. The third-order valence-electron chi connectivity index (χ3n) is 9.64. The van der Waals surface area contributed by atoms with E-state index >= 15 is 0 Å². The number of aromatic nitrogens is 1. The van der Waals surface area contributed by atoms with Gasteiger partial charge in [0, 0.05) is 19.3 Å². The van der Waals surface area contributed by atoms with E-state index in [1.54, 1.807) is 23.8 Å². The van der Waals surface area contributed by atoms with Crippen molar-refractivity contribution in [2.24, 2.45) is 28.6 Å². The highest BCUT2D eigenvalue weighted by atomic mass is 32.1. The van der Waals surface area contributed by atoms with Crippen LogP contribution in [0.4, 0.5) is 0 Å². The molecular formula is C27H39NO3S. The number of carbonyl (C=O) groups is 1. The van der Waals surface area contributed by atoms with Crippen molar-refractivity contribution in [2.75, 3.05) is 6.61 Å². The summed E-state index contributed by atoms with van der Waals surface area (Å²) < 4.78 is 11.5. The van der Waals surface area contributed by atoms with E-state index in [0.717, 1.165) is 55.1 Å². The molecule has 2 unspecified atom stereocenters. The molecule has 1 aromatic rings. The maximum Gasteiger partial charge on any atom is 0.302 e. The van der Waals surface area contributed by atoms with E-state index in [9.17, 15) is 4.79 Å². The average molecular weight is 458 g/mol. The first-order valence-corrected chi connectivity index (χ1v) is 13.6. The highest BCUT2D eigenvalue weighted by molar-refractivity contribution is 7.13. The summed E-state index contributed by atoms with van der Waals surface area (Å²) in [6.07, 6.45) is 15.2. The molecule has 4 aliphatic rings. The zero-order chi connectivity index (χ0) is 22.5. The van der Waals surface area contributed by atoms with Crippen LogP contribution in [-0.4, -0.2) is 23.7 Å². The number of esters is 1. The molecule has 5 rings (SSSR count). The fourth-order valence-corrected chi connectivity index (χ4v) is 9.16. The quantitative estimate of drug-likeness (QED) is 0.356. The minimum absolute atomic E-state index is 0.0853. The predicted molar refractivity (Wildman–Crippen MR) is 128 cm³/mol. The van der Waals surface area contributed by atoms with Gasteiger partial charge in [0.25, 0.3) is 0 Å². The molecule has 4 aliphatic carbocycles. The summed E-state index contributed by atoms with van der Waals surface area (Å²) in [6, 6.07) is 0. The number of nitrogens with zero attached hydrogens (tertiary/aromatic N) is 1. The van der Waals surface area contributed by atoms with E-state index < -0.39 is 0 Å². The van der Waals surface area contributed by atoms with Crippen LogP contribution < -0.4 is 4.74 Å². The lowest BCUT2D eigenvalue weighted by Crippen LogP contribution is -2.50. The van der Waals surface area contributed by atoms with Gasteiger partial charge in [-0.15, -0.1) is 0 Å². The van der Waals surface area contributed by atoms with Gasteiger partial charge in [-0.3, -0.25) is 4.79 Å². The van der Waals surface area contributed by atoms with Crippen LogP contribution in [0.1, 0.15) is 96.4 Å². The van der Waals surface area contributed by atoms with Gasteiger partial charge in [0.1, 0.15) is 6.10 Å². The molecule has 0 spiro atoms. The summed E-state index contributed by atoms with van der Waals surface area (Å²) in [7, 11) is 0. The van der Waals surface area contributed by atoms with Crippen molar-refractivity contribution in [2.45, 2.75) is 97.5 Å². The highest BCUT2D eigenvalue weighted by Gasteiger charge is 2.59. The van der Waals surface area contributed by atoms with Crippen LogP contribution in [0.25, 0.3) is 0 Å². The Bertz CT molecular complexity index is 893. The third kappa shape index (κ3) is 3.63. The number of carbonyl (C=O) groups excluding carboxylic acids is 1. The van der Waals surface area contributed by atoms with Crippen LogP contribution in [0.2, 0.25) is 0 Å². The van der Waals surface area contributed by atoms with Crippen molar-refractivity contribution in [3.63, 3.8) is 0 Å². The Morgan fingerprint density at radius 1 is 1.19 bits per heavy atom. The fraction of sp³-hybridized carbons (Fsp3) is 0.778. The van der Waals surface area contributed by atoms with Crippen molar-refractivity contribution in [1.82, 2.24) is 4.98 Å². The fourth-order valence-electron chi connectivity index (χ4n) is 8.07. The SMILES string of the molecule is CCCOc1cnc([C@H]2CCC3[C@@H]4CC=C5C[C@@H](OC(C)=O)CC[C@]5(C)C4CC[C@@]32C)s1. The number of hydrogen-bond donors (Lipinski definition) is 0. The predicted octanol–water partition coefficient (Wildman–Crippen LogP) is 6.91. The van der Waals surface area contributed by atoms with Crippen molar-refractivity contribution in [3.05, 3.63) is 22.9 Å². The zero-order valence-corrected chi connectivity index (χ0v) is 21.0. The van der Waals surface area contributed by atoms with Gasteiger partial charge in [-0.2, -0.15) is 0 Å². The smallest absolute Gasteiger partial charge is 0.302 e. The Hall–Kier alpha value is -1.36. The molecule has 3 saturated carbocycles. The second-order valence-corrected chi connectivity index (χ2v) is 12.3. The van der Waals surface area contributed by atoms with Gasteiger partial charge >= 0.3 is 5.97 Å². The number of hydrogen-bond acceptors (Lipinski definition) is 5. The summed E-state index contributed by atoms with van der Waals surface area (Å²) in [6.45, 7) is 9.56. The molecule has 0 bridgehead atoms. The molecular weight excluding hydrogens is 418 g/mol. The largest absolute Gasteiger partial charge is 0.483 e. The Labute approximate surface area is 197 Å². The van der Waals surface area contributed by atoms with Gasteiger partial charge < -0.3 is 9.47 Å². The standard InChI is InChI=1S/C27H39NO3S/c1-5-14-30-24-16-28-25(32-24)23-9-8-21-20-7-6-18-15-19(31-17(2)29)10-12-26(18,3)22(20)11-13-27(21,23)4/h6,16,19-23H,5,7-15H2,1-4H3/t19-,20-,21?,22?,23+,26-,27-/m0/s1. The van der Waals surface area contributed by atoms with Gasteiger partial charge in [0.05, 0.1) is 17.8 Å². The molecule has 1 aromatic heterocycles. The number of allylic oxidation sites excluding steroid dienone is 1. The molecule has 0 radical (unpaired) electrons. The van der Waals surface area contributed by atoms with E-state index in [2.05, 4.69) is 26.8 Å². The van der Waals surface area contributed by atoms with E-state index in [4.69, 9.17) is 14.5 Å². The zero-order valence-electron chi connectivity index (χ0n) is 20.2. The molecule has 0 aliphatic heterocycles. The lowest BCUT2D eigenvalue weighted by atomic mass is 9.47. The summed E-state index contributed by atoms with van der Waals surface area (Å²) in [5, 5.41) is 2.30. The second-order valence-electron chi connectivity index (χ2n) is 11.3. The lowest BCUT2D eigenvalue weighted by molar-refractivity contribution is -0.148. The lowest BCUT2D eigenvalue weighted by Gasteiger charge is -2.58. The van der Waals surface area contributed by atoms with E-state index in [-0.39, 0.29) is 12.1 Å². The first kappa shape index (κ1) is 22.4. The van der Waals surface area contributed by atoms with Crippen molar-refractivity contribution in [3.8, 4) is 5.06 Å². The minimum Gasteiger partial charge on any atom is -0.483 e. The summed E-state index contributed by atoms with van der Waals surface area (Å²) in [5.41, 5.74) is 2.23. The molecule has 7 atom stereocenters. The summed E-state index contributed by atoms with van der Waals surface area (Å²) in [5.74, 6) is 2.79. The minimum atomic E-state index is -0.135. The Morgan fingerprint density at radius 2 is 2.03 bits per heavy atom. The molecule has 0 N–H and O–H groups in total. The number of fused-ring (bicyclic) bond motifs is 5. The molecule has 4 nitrogen and oxygen atoms in total. The molecule has 3 fully saturated rings. The Balaban J connectivity index is 1.35. The third-order valence-corrected chi connectivity index (χ3v) is 10.7. The van der Waals surface area contributed by atoms with Crippen LogP contribution in [0.15, 0.2) is 17.8 Å². The Kier molecular flexibility index (Phi) is 5.92. The summed E-state index contributed by atoms with van der Waals surface area (Å²) in [4.78, 5) is 16.3. The maximum atomic E-state index is 11.5. The van der Waals surface area contributed by atoms with Crippen LogP contribution >= 0.6 is 11.3 Å². The molecule has 0 saturated heterocycles. The van der Waals surface area contributed by atoms with Crippen LogP contribution in [0, 0.1) is 28.6 Å². The molecule has 5 heteroatoms. The number of ether oxygens (including phenoxy) is 2. The molecule has 32 heavy (non-hydrogen) atoms. The van der Waals surface area contributed by atoms with E-state index in [1.807, 2.05) is 6.20 Å². The van der Waals surface area contributed by atoms with Crippen molar-refractivity contribution in [1.29, 1.82) is 0 Å². The van der Waals surface area contributed by atoms with Gasteiger partial charge in [0.2, 0.25) is 0 Å². The van der Waals surface area contributed by atoms with Crippen molar-refractivity contribution >= 4 is 17.3 Å². The first-order valence-electron chi connectivity index (χ1n) is 12.8. The summed E-state index contributed by atoms with van der Waals surface area (Å²) >= 11 is 1.79. The van der Waals surface area contributed by atoms with Crippen LogP contribution in [0.3, 0.4) is 0 Å². The first-order chi connectivity index (χ1) is 15.3.